The van der Waals surface area contributed by atoms with E-state index in [-0.39, 0.29) is 0 Å². The Kier molecular flexibility index (Phi) is 2.74. The zero-order valence-corrected chi connectivity index (χ0v) is 10.3. The Morgan fingerprint density at radius 3 is 2.78 bits per heavy atom. The van der Waals surface area contributed by atoms with E-state index in [1.54, 1.807) is 4.52 Å². The molecule has 0 aliphatic rings. The van der Waals surface area contributed by atoms with Crippen molar-refractivity contribution in [2.24, 2.45) is 5.73 Å². The lowest BCUT2D eigenvalue weighted by atomic mass is 10.2. The maximum absolute atomic E-state index is 6.15. The van der Waals surface area contributed by atoms with Crippen molar-refractivity contribution >= 4 is 17.2 Å². The third-order valence-electron chi connectivity index (χ3n) is 2.78. The van der Waals surface area contributed by atoms with Crippen LogP contribution in [0.15, 0.2) is 42.6 Å². The van der Waals surface area contributed by atoms with Crippen LogP contribution >= 0.6 is 11.6 Å². The van der Waals surface area contributed by atoms with Crippen molar-refractivity contribution in [2.45, 2.75) is 6.54 Å². The summed E-state index contributed by atoms with van der Waals surface area (Å²) in [6.45, 7) is 0.436. The molecule has 0 bridgehead atoms. The van der Waals surface area contributed by atoms with Crippen molar-refractivity contribution in [3.8, 4) is 11.4 Å². The van der Waals surface area contributed by atoms with E-state index < -0.39 is 0 Å². The molecule has 0 fully saturated rings. The molecule has 3 rings (SSSR count). The quantitative estimate of drug-likeness (QED) is 0.768. The lowest BCUT2D eigenvalue weighted by Crippen LogP contribution is -1.99. The van der Waals surface area contributed by atoms with Gasteiger partial charge in [0.05, 0.1) is 5.02 Å². The first-order valence-electron chi connectivity index (χ1n) is 5.59. The van der Waals surface area contributed by atoms with Crippen LogP contribution < -0.4 is 5.73 Å². The average Bonchev–Trinajstić information content (AvgIpc) is 2.82. The summed E-state index contributed by atoms with van der Waals surface area (Å²) in [5.74, 6) is 0.613. The zero-order chi connectivity index (χ0) is 12.5. The van der Waals surface area contributed by atoms with E-state index in [1.165, 1.54) is 0 Å². The molecule has 0 aliphatic carbocycles. The minimum absolute atomic E-state index is 0.436. The van der Waals surface area contributed by atoms with Gasteiger partial charge in [0, 0.05) is 23.9 Å². The van der Waals surface area contributed by atoms with Crippen LogP contribution in [0.3, 0.4) is 0 Å². The first kappa shape index (κ1) is 11.2. The third-order valence-corrected chi connectivity index (χ3v) is 3.11. The van der Waals surface area contributed by atoms with Gasteiger partial charge in [-0.1, -0.05) is 29.8 Å². The summed E-state index contributed by atoms with van der Waals surface area (Å²) in [5, 5.41) is 5.06. The van der Waals surface area contributed by atoms with Crippen molar-refractivity contribution in [2.75, 3.05) is 0 Å². The molecule has 0 atom stereocenters. The van der Waals surface area contributed by atoms with Crippen molar-refractivity contribution in [3.05, 3.63) is 53.2 Å². The highest BCUT2D eigenvalue weighted by atomic mass is 35.5. The molecular weight excluding hydrogens is 248 g/mol. The third kappa shape index (κ3) is 1.75. The smallest absolute Gasteiger partial charge is 0.183 e. The molecule has 18 heavy (non-hydrogen) atoms. The van der Waals surface area contributed by atoms with Gasteiger partial charge in [-0.05, 0) is 18.2 Å². The second-order valence-corrected chi connectivity index (χ2v) is 4.33. The Morgan fingerprint density at radius 2 is 2.00 bits per heavy atom. The maximum atomic E-state index is 6.15. The van der Waals surface area contributed by atoms with Crippen LogP contribution in [0.5, 0.6) is 0 Å². The van der Waals surface area contributed by atoms with Gasteiger partial charge in [-0.3, -0.25) is 0 Å². The fourth-order valence-corrected chi connectivity index (χ4v) is 2.10. The van der Waals surface area contributed by atoms with Gasteiger partial charge in [0.1, 0.15) is 0 Å². The van der Waals surface area contributed by atoms with Crippen LogP contribution in [-0.2, 0) is 6.54 Å². The van der Waals surface area contributed by atoms with Crippen molar-refractivity contribution in [1.82, 2.24) is 14.6 Å². The SMILES string of the molecule is NCc1cccn2nc(-c3ccccc3Cl)nc12. The fraction of sp³-hybridized carbons (Fsp3) is 0.0769. The van der Waals surface area contributed by atoms with E-state index in [2.05, 4.69) is 10.1 Å². The van der Waals surface area contributed by atoms with E-state index in [9.17, 15) is 0 Å². The van der Waals surface area contributed by atoms with E-state index >= 15 is 0 Å². The van der Waals surface area contributed by atoms with E-state index in [1.807, 2.05) is 42.6 Å². The molecular formula is C13H11ClN4. The largest absolute Gasteiger partial charge is 0.326 e. The van der Waals surface area contributed by atoms with Gasteiger partial charge in [0.25, 0.3) is 0 Å². The lowest BCUT2D eigenvalue weighted by Gasteiger charge is -1.96. The number of benzene rings is 1. The predicted octanol–water partition coefficient (Wildman–Crippen LogP) is 2.51. The Morgan fingerprint density at radius 1 is 1.17 bits per heavy atom. The summed E-state index contributed by atoms with van der Waals surface area (Å²) in [5.41, 5.74) is 8.25. The minimum Gasteiger partial charge on any atom is -0.326 e. The van der Waals surface area contributed by atoms with Gasteiger partial charge >= 0.3 is 0 Å². The number of nitrogens with two attached hydrogens (primary N) is 1. The number of fused-ring (bicyclic) bond motifs is 1. The standard InChI is InChI=1S/C13H11ClN4/c14-11-6-2-1-5-10(11)12-16-13-9(8-15)4-3-7-18(13)17-12/h1-7H,8,15H2. The Hall–Kier alpha value is -1.91. The summed E-state index contributed by atoms with van der Waals surface area (Å²) >= 11 is 6.15. The molecule has 0 saturated heterocycles. The van der Waals surface area contributed by atoms with Crippen LogP contribution in [-0.4, -0.2) is 14.6 Å². The maximum Gasteiger partial charge on any atom is 0.183 e. The first-order valence-corrected chi connectivity index (χ1v) is 5.96. The molecule has 2 heterocycles. The van der Waals surface area contributed by atoms with Crippen LogP contribution in [0, 0.1) is 0 Å². The summed E-state index contributed by atoms with van der Waals surface area (Å²) in [6, 6.07) is 11.4. The van der Waals surface area contributed by atoms with Crippen molar-refractivity contribution < 1.29 is 0 Å². The molecule has 0 unspecified atom stereocenters. The molecule has 4 nitrogen and oxygen atoms in total. The molecule has 0 saturated carbocycles. The van der Waals surface area contributed by atoms with Crippen molar-refractivity contribution in [3.63, 3.8) is 0 Å². The van der Waals surface area contributed by atoms with Gasteiger partial charge in [-0.2, -0.15) is 0 Å². The number of nitrogens with zero attached hydrogens (tertiary/aromatic N) is 3. The predicted molar refractivity (Wildman–Crippen MR) is 71.3 cm³/mol. The molecule has 1 aromatic carbocycles. The Bertz CT molecular complexity index is 705. The number of hydrogen-bond acceptors (Lipinski definition) is 3. The molecule has 0 amide bonds. The normalized spacial score (nSPS) is 11.0. The number of aromatic nitrogens is 3. The summed E-state index contributed by atoms with van der Waals surface area (Å²) in [7, 11) is 0. The van der Waals surface area contributed by atoms with Crippen LogP contribution in [0.25, 0.3) is 17.0 Å². The second kappa shape index (κ2) is 4.40. The highest BCUT2D eigenvalue weighted by Gasteiger charge is 2.11. The van der Waals surface area contributed by atoms with Gasteiger partial charge in [-0.25, -0.2) is 9.50 Å². The molecule has 5 heteroatoms. The van der Waals surface area contributed by atoms with Crippen LogP contribution in [0.1, 0.15) is 5.56 Å². The molecule has 90 valence electrons. The molecule has 0 radical (unpaired) electrons. The highest BCUT2D eigenvalue weighted by molar-refractivity contribution is 6.33. The topological polar surface area (TPSA) is 56.2 Å². The average molecular weight is 259 g/mol. The minimum atomic E-state index is 0.436. The monoisotopic (exact) mass is 258 g/mol. The summed E-state index contributed by atoms with van der Waals surface area (Å²) < 4.78 is 1.72. The van der Waals surface area contributed by atoms with Crippen LogP contribution in [0.4, 0.5) is 0 Å². The number of halogens is 1. The van der Waals surface area contributed by atoms with Crippen molar-refractivity contribution in [1.29, 1.82) is 0 Å². The molecule has 3 aromatic rings. The highest BCUT2D eigenvalue weighted by Crippen LogP contribution is 2.25. The molecule has 0 aliphatic heterocycles. The van der Waals surface area contributed by atoms with Gasteiger partial charge in [-0.15, -0.1) is 5.10 Å². The lowest BCUT2D eigenvalue weighted by molar-refractivity contribution is 0.944. The summed E-state index contributed by atoms with van der Waals surface area (Å²) in [6.07, 6.45) is 1.85. The van der Waals surface area contributed by atoms with Gasteiger partial charge in [0.15, 0.2) is 11.5 Å². The second-order valence-electron chi connectivity index (χ2n) is 3.92. The summed E-state index contributed by atoms with van der Waals surface area (Å²) in [4.78, 5) is 4.50. The van der Waals surface area contributed by atoms with E-state index in [4.69, 9.17) is 17.3 Å². The molecule has 2 N–H and O–H groups in total. The van der Waals surface area contributed by atoms with E-state index in [0.29, 0.717) is 17.4 Å². The van der Waals surface area contributed by atoms with Gasteiger partial charge in [0.2, 0.25) is 0 Å². The van der Waals surface area contributed by atoms with Crippen LogP contribution in [0.2, 0.25) is 5.02 Å². The van der Waals surface area contributed by atoms with E-state index in [0.717, 1.165) is 16.8 Å². The molecule has 2 aromatic heterocycles. The number of rotatable bonds is 2. The zero-order valence-electron chi connectivity index (χ0n) is 9.55. The number of hydrogen-bond donors (Lipinski definition) is 1. The first-order chi connectivity index (χ1) is 8.79. The number of pyridine rings is 1. The Balaban J connectivity index is 2.23. The fourth-order valence-electron chi connectivity index (χ4n) is 1.88. The molecule has 0 spiro atoms. The Labute approximate surface area is 109 Å². The van der Waals surface area contributed by atoms with Gasteiger partial charge < -0.3 is 5.73 Å².